The molecule has 0 atom stereocenters. The summed E-state index contributed by atoms with van der Waals surface area (Å²) in [4.78, 5) is 10.2. The molecule has 0 fully saturated rings. The van der Waals surface area contributed by atoms with Gasteiger partial charge in [-0.05, 0) is 18.6 Å². The zero-order chi connectivity index (χ0) is 19.4. The highest BCUT2D eigenvalue weighted by molar-refractivity contribution is 7.92. The lowest BCUT2D eigenvalue weighted by molar-refractivity contribution is -0.384. The fourth-order valence-electron chi connectivity index (χ4n) is 2.73. The highest BCUT2D eigenvalue weighted by atomic mass is 35.5. The maximum absolute atomic E-state index is 12.1. The minimum absolute atomic E-state index is 0.0138. The molecule has 0 aliphatic heterocycles. The van der Waals surface area contributed by atoms with Crippen molar-refractivity contribution in [2.75, 3.05) is 10.5 Å². The van der Waals surface area contributed by atoms with E-state index in [0.29, 0.717) is 6.42 Å². The van der Waals surface area contributed by atoms with Gasteiger partial charge in [-0.1, -0.05) is 76.3 Å². The predicted molar refractivity (Wildman–Crippen MR) is 107 cm³/mol. The van der Waals surface area contributed by atoms with E-state index in [-0.39, 0.29) is 22.2 Å². The second kappa shape index (κ2) is 12.1. The van der Waals surface area contributed by atoms with Crippen LogP contribution in [0, 0.1) is 10.1 Å². The van der Waals surface area contributed by atoms with Crippen LogP contribution in [-0.2, 0) is 10.0 Å². The number of nitro benzene ring substituents is 1. The molecule has 0 amide bonds. The molecule has 0 spiro atoms. The zero-order valence-electron chi connectivity index (χ0n) is 15.4. The van der Waals surface area contributed by atoms with Gasteiger partial charge in [0.25, 0.3) is 5.69 Å². The maximum atomic E-state index is 12.1. The summed E-state index contributed by atoms with van der Waals surface area (Å²) in [5.74, 6) is 0.0138. The Morgan fingerprint density at radius 1 is 1.00 bits per heavy atom. The van der Waals surface area contributed by atoms with E-state index in [4.69, 9.17) is 11.6 Å². The third kappa shape index (κ3) is 9.38. The van der Waals surface area contributed by atoms with Crippen LogP contribution in [0.25, 0.3) is 0 Å². The lowest BCUT2D eigenvalue weighted by Gasteiger charge is -2.08. The van der Waals surface area contributed by atoms with E-state index in [1.807, 2.05) is 0 Å². The topological polar surface area (TPSA) is 89.3 Å². The molecule has 148 valence electrons. The Morgan fingerprint density at radius 2 is 1.54 bits per heavy atom. The summed E-state index contributed by atoms with van der Waals surface area (Å²) in [6.07, 6.45) is 11.3. The van der Waals surface area contributed by atoms with Crippen LogP contribution < -0.4 is 4.72 Å². The van der Waals surface area contributed by atoms with E-state index in [2.05, 4.69) is 11.6 Å². The molecule has 1 aromatic rings. The molecule has 1 N–H and O–H groups in total. The van der Waals surface area contributed by atoms with Crippen LogP contribution in [0.2, 0.25) is 5.02 Å². The number of nitro groups is 1. The van der Waals surface area contributed by atoms with Gasteiger partial charge in [-0.2, -0.15) is 0 Å². The number of nitrogens with one attached hydrogen (secondary N) is 1. The zero-order valence-corrected chi connectivity index (χ0v) is 16.9. The average Bonchev–Trinajstić information content (AvgIpc) is 2.57. The summed E-state index contributed by atoms with van der Waals surface area (Å²) in [5.41, 5.74) is -0.154. The van der Waals surface area contributed by atoms with E-state index < -0.39 is 14.9 Å². The molecule has 8 heteroatoms. The van der Waals surface area contributed by atoms with E-state index in [1.165, 1.54) is 50.7 Å². The van der Waals surface area contributed by atoms with Gasteiger partial charge in [0, 0.05) is 6.07 Å². The molecule has 6 nitrogen and oxygen atoms in total. The number of halogens is 1. The molecule has 0 aliphatic carbocycles. The molecule has 1 rings (SSSR count). The lowest BCUT2D eigenvalue weighted by atomic mass is 10.1. The van der Waals surface area contributed by atoms with Crippen molar-refractivity contribution in [3.8, 4) is 0 Å². The fourth-order valence-corrected chi connectivity index (χ4v) is 4.09. The Balaban J connectivity index is 2.26. The van der Waals surface area contributed by atoms with Crippen molar-refractivity contribution in [3.05, 3.63) is 33.3 Å². The van der Waals surface area contributed by atoms with Crippen molar-refractivity contribution in [1.82, 2.24) is 0 Å². The molecule has 0 aromatic heterocycles. The van der Waals surface area contributed by atoms with Gasteiger partial charge in [0.1, 0.15) is 5.02 Å². The monoisotopic (exact) mass is 404 g/mol. The Bertz CT molecular complexity index is 665. The minimum atomic E-state index is -3.51. The number of hydrogen-bond acceptors (Lipinski definition) is 4. The Kier molecular flexibility index (Phi) is 10.6. The number of unbranched alkanes of at least 4 members (excludes halogenated alkanes) is 9. The smallest absolute Gasteiger partial charge is 0.283 e. The van der Waals surface area contributed by atoms with Gasteiger partial charge in [0.15, 0.2) is 0 Å². The third-order valence-corrected chi connectivity index (χ3v) is 5.88. The molecular formula is C18H29ClN2O4S. The van der Waals surface area contributed by atoms with E-state index in [0.717, 1.165) is 25.3 Å². The van der Waals surface area contributed by atoms with Crippen molar-refractivity contribution >= 4 is 33.0 Å². The van der Waals surface area contributed by atoms with Crippen molar-refractivity contribution in [3.63, 3.8) is 0 Å². The van der Waals surface area contributed by atoms with Gasteiger partial charge in [0.05, 0.1) is 16.4 Å². The number of rotatable bonds is 14. The standard InChI is InChI=1S/C18H29ClN2O4S/c1-2-3-4-5-6-7-8-9-10-11-14-26(24,25)20-16-12-13-17(19)18(15-16)21(22)23/h12-13,15,20H,2-11,14H2,1H3. The van der Waals surface area contributed by atoms with E-state index >= 15 is 0 Å². The van der Waals surface area contributed by atoms with Crippen LogP contribution in [0.3, 0.4) is 0 Å². The van der Waals surface area contributed by atoms with Gasteiger partial charge in [-0.3, -0.25) is 14.8 Å². The summed E-state index contributed by atoms with van der Waals surface area (Å²) < 4.78 is 26.6. The lowest BCUT2D eigenvalue weighted by Crippen LogP contribution is -2.16. The Morgan fingerprint density at radius 3 is 2.08 bits per heavy atom. The highest BCUT2D eigenvalue weighted by Gasteiger charge is 2.16. The number of sulfonamides is 1. The minimum Gasteiger partial charge on any atom is -0.283 e. The van der Waals surface area contributed by atoms with E-state index in [9.17, 15) is 18.5 Å². The summed E-state index contributed by atoms with van der Waals surface area (Å²) in [6.45, 7) is 2.21. The second-order valence-electron chi connectivity index (χ2n) is 6.53. The summed E-state index contributed by atoms with van der Waals surface area (Å²) in [6, 6.07) is 3.88. The van der Waals surface area contributed by atoms with Crippen LogP contribution >= 0.6 is 11.6 Å². The molecule has 0 aliphatic rings. The first-order valence-electron chi connectivity index (χ1n) is 9.30. The second-order valence-corrected chi connectivity index (χ2v) is 8.78. The van der Waals surface area contributed by atoms with Gasteiger partial charge in [-0.15, -0.1) is 0 Å². The molecule has 1 aromatic carbocycles. The van der Waals surface area contributed by atoms with Crippen LogP contribution in [0.15, 0.2) is 18.2 Å². The molecular weight excluding hydrogens is 376 g/mol. The molecule has 0 saturated carbocycles. The maximum Gasteiger partial charge on any atom is 0.289 e. The molecule has 0 saturated heterocycles. The van der Waals surface area contributed by atoms with Crippen LogP contribution in [0.4, 0.5) is 11.4 Å². The summed E-state index contributed by atoms with van der Waals surface area (Å²) in [7, 11) is -3.51. The van der Waals surface area contributed by atoms with E-state index in [1.54, 1.807) is 0 Å². The quantitative estimate of drug-likeness (QED) is 0.237. The summed E-state index contributed by atoms with van der Waals surface area (Å²) >= 11 is 5.72. The third-order valence-electron chi connectivity index (χ3n) is 4.18. The molecule has 0 heterocycles. The van der Waals surface area contributed by atoms with Crippen LogP contribution in [-0.4, -0.2) is 19.1 Å². The average molecular weight is 405 g/mol. The molecule has 0 bridgehead atoms. The number of hydrogen-bond donors (Lipinski definition) is 1. The normalized spacial score (nSPS) is 11.5. The first kappa shape index (κ1) is 22.7. The first-order valence-corrected chi connectivity index (χ1v) is 11.3. The van der Waals surface area contributed by atoms with Gasteiger partial charge >= 0.3 is 0 Å². The largest absolute Gasteiger partial charge is 0.289 e. The van der Waals surface area contributed by atoms with Gasteiger partial charge < -0.3 is 0 Å². The number of nitrogens with zero attached hydrogens (tertiary/aromatic N) is 1. The van der Waals surface area contributed by atoms with Crippen LogP contribution in [0.5, 0.6) is 0 Å². The number of anilines is 1. The first-order chi connectivity index (χ1) is 12.4. The number of benzene rings is 1. The van der Waals surface area contributed by atoms with Crippen molar-refractivity contribution in [2.24, 2.45) is 0 Å². The van der Waals surface area contributed by atoms with Crippen molar-refractivity contribution in [2.45, 2.75) is 71.1 Å². The van der Waals surface area contributed by atoms with Crippen molar-refractivity contribution < 1.29 is 13.3 Å². The van der Waals surface area contributed by atoms with Gasteiger partial charge in [-0.25, -0.2) is 8.42 Å². The summed E-state index contributed by atoms with van der Waals surface area (Å²) in [5, 5.41) is 10.8. The van der Waals surface area contributed by atoms with Crippen LogP contribution in [0.1, 0.15) is 71.1 Å². The Labute approximate surface area is 161 Å². The predicted octanol–water partition coefficient (Wildman–Crippen LogP) is 5.91. The van der Waals surface area contributed by atoms with Gasteiger partial charge in [0.2, 0.25) is 10.0 Å². The highest BCUT2D eigenvalue weighted by Crippen LogP contribution is 2.27. The molecule has 0 unspecified atom stereocenters. The Hall–Kier alpha value is -1.34. The SMILES string of the molecule is CCCCCCCCCCCCS(=O)(=O)Nc1ccc(Cl)c([N+](=O)[O-])c1. The molecule has 0 radical (unpaired) electrons. The molecule has 26 heavy (non-hydrogen) atoms. The van der Waals surface area contributed by atoms with Crippen molar-refractivity contribution in [1.29, 1.82) is 0 Å². The fraction of sp³-hybridized carbons (Fsp3) is 0.667.